The van der Waals surface area contributed by atoms with Gasteiger partial charge < -0.3 is 10.8 Å². The van der Waals surface area contributed by atoms with Crippen LogP contribution in [0, 0.1) is 11.8 Å². The molecule has 0 fully saturated rings. The summed E-state index contributed by atoms with van der Waals surface area (Å²) in [4.78, 5) is 10.7. The average molecular weight is 237 g/mol. The number of carbonyl (C=O) groups is 1. The summed E-state index contributed by atoms with van der Waals surface area (Å²) in [6, 6.07) is 12.0. The van der Waals surface area contributed by atoms with Crippen molar-refractivity contribution in [2.75, 3.05) is 5.73 Å². The van der Waals surface area contributed by atoms with Gasteiger partial charge in [-0.05, 0) is 30.3 Å². The summed E-state index contributed by atoms with van der Waals surface area (Å²) in [5, 5.41) is 9.76. The zero-order chi connectivity index (χ0) is 13.0. The van der Waals surface area contributed by atoms with Crippen LogP contribution in [0.1, 0.15) is 21.5 Å². The molecule has 2 rings (SSSR count). The second-order valence-corrected chi connectivity index (χ2v) is 3.74. The van der Waals surface area contributed by atoms with Gasteiger partial charge in [0.1, 0.15) is 5.75 Å². The van der Waals surface area contributed by atoms with E-state index in [0.717, 1.165) is 5.56 Å². The molecule has 0 saturated carbocycles. The number of rotatable bonds is 1. The Kier molecular flexibility index (Phi) is 3.31. The lowest BCUT2D eigenvalue weighted by Gasteiger charge is -1.99. The fourth-order valence-corrected chi connectivity index (χ4v) is 1.51. The largest absolute Gasteiger partial charge is 0.506 e. The second-order valence-electron chi connectivity index (χ2n) is 3.74. The van der Waals surface area contributed by atoms with Gasteiger partial charge >= 0.3 is 0 Å². The topological polar surface area (TPSA) is 63.3 Å². The molecule has 0 bridgehead atoms. The van der Waals surface area contributed by atoms with Gasteiger partial charge in [0.05, 0.1) is 11.1 Å². The molecule has 3 nitrogen and oxygen atoms in total. The normalized spacial score (nSPS) is 9.33. The Balaban J connectivity index is 2.39. The number of anilines is 1. The molecule has 88 valence electrons. The van der Waals surface area contributed by atoms with Crippen LogP contribution in [0.2, 0.25) is 0 Å². The molecule has 0 aliphatic rings. The molecule has 18 heavy (non-hydrogen) atoms. The summed E-state index contributed by atoms with van der Waals surface area (Å²) in [5.74, 6) is 5.61. The Morgan fingerprint density at radius 2 is 1.89 bits per heavy atom. The number of phenolic OH excluding ortho intramolecular Hbond substituents is 1. The second kappa shape index (κ2) is 5.07. The molecule has 3 N–H and O–H groups in total. The zero-order valence-electron chi connectivity index (χ0n) is 9.55. The lowest BCUT2D eigenvalue weighted by Crippen LogP contribution is -1.86. The van der Waals surface area contributed by atoms with Crippen LogP contribution < -0.4 is 5.73 Å². The minimum absolute atomic E-state index is 0.0936. The summed E-state index contributed by atoms with van der Waals surface area (Å²) in [5.41, 5.74) is 7.68. The van der Waals surface area contributed by atoms with Crippen molar-refractivity contribution in [1.29, 1.82) is 0 Å². The summed E-state index contributed by atoms with van der Waals surface area (Å²) in [6.45, 7) is 0. The lowest BCUT2D eigenvalue weighted by atomic mass is 10.1. The summed E-state index contributed by atoms with van der Waals surface area (Å²) < 4.78 is 0. The number of aromatic hydroxyl groups is 1. The van der Waals surface area contributed by atoms with Crippen molar-refractivity contribution in [3.63, 3.8) is 0 Å². The number of carbonyl (C=O) groups excluding carboxylic acids is 1. The van der Waals surface area contributed by atoms with Crippen molar-refractivity contribution >= 4 is 12.0 Å². The fraction of sp³-hybridized carbons (Fsp3) is 0. The number of para-hydroxylation sites is 1. The molecule has 0 amide bonds. The van der Waals surface area contributed by atoms with Gasteiger partial charge in [-0.25, -0.2) is 0 Å². The molecule has 0 unspecified atom stereocenters. The van der Waals surface area contributed by atoms with Crippen molar-refractivity contribution in [2.24, 2.45) is 0 Å². The van der Waals surface area contributed by atoms with Gasteiger partial charge in [-0.2, -0.15) is 0 Å². The number of hydrogen-bond donors (Lipinski definition) is 2. The number of benzene rings is 2. The van der Waals surface area contributed by atoms with Gasteiger partial charge in [0, 0.05) is 11.3 Å². The van der Waals surface area contributed by atoms with E-state index in [2.05, 4.69) is 11.8 Å². The predicted octanol–water partition coefficient (Wildman–Crippen LogP) is 2.19. The van der Waals surface area contributed by atoms with Crippen molar-refractivity contribution in [3.05, 3.63) is 59.2 Å². The smallest absolute Gasteiger partial charge is 0.153 e. The van der Waals surface area contributed by atoms with Crippen LogP contribution in [0.4, 0.5) is 5.69 Å². The Hall–Kier alpha value is -2.73. The van der Waals surface area contributed by atoms with Crippen molar-refractivity contribution in [1.82, 2.24) is 0 Å². The maximum Gasteiger partial charge on any atom is 0.153 e. The summed E-state index contributed by atoms with van der Waals surface area (Å²) >= 11 is 0. The predicted molar refractivity (Wildman–Crippen MR) is 70.3 cm³/mol. The highest BCUT2D eigenvalue weighted by Gasteiger charge is 2.03. The van der Waals surface area contributed by atoms with E-state index >= 15 is 0 Å². The average Bonchev–Trinajstić information content (AvgIpc) is 2.38. The maximum absolute atomic E-state index is 10.7. The Bertz CT molecular complexity index is 651. The van der Waals surface area contributed by atoms with Gasteiger partial charge in [0.2, 0.25) is 0 Å². The monoisotopic (exact) mass is 237 g/mol. The van der Waals surface area contributed by atoms with Crippen LogP contribution in [0.3, 0.4) is 0 Å². The maximum atomic E-state index is 10.7. The molecule has 3 heteroatoms. The van der Waals surface area contributed by atoms with E-state index < -0.39 is 0 Å². The Labute approximate surface area is 105 Å². The van der Waals surface area contributed by atoms with Gasteiger partial charge in [0.15, 0.2) is 6.29 Å². The molecule has 0 heterocycles. The van der Waals surface area contributed by atoms with Crippen molar-refractivity contribution in [3.8, 4) is 17.6 Å². The van der Waals surface area contributed by atoms with Crippen LogP contribution >= 0.6 is 0 Å². The van der Waals surface area contributed by atoms with Gasteiger partial charge in [0.25, 0.3) is 0 Å². The number of aldehydes is 1. The first-order valence-electron chi connectivity index (χ1n) is 5.35. The Morgan fingerprint density at radius 3 is 2.61 bits per heavy atom. The molecular formula is C15H11NO2. The minimum Gasteiger partial charge on any atom is -0.506 e. The van der Waals surface area contributed by atoms with E-state index in [1.807, 2.05) is 6.07 Å². The Morgan fingerprint density at radius 1 is 1.11 bits per heavy atom. The van der Waals surface area contributed by atoms with E-state index in [-0.39, 0.29) is 11.3 Å². The first-order valence-corrected chi connectivity index (χ1v) is 5.35. The van der Waals surface area contributed by atoms with Gasteiger partial charge in [-0.1, -0.05) is 24.0 Å². The van der Waals surface area contributed by atoms with Crippen molar-refractivity contribution < 1.29 is 9.90 Å². The molecule has 0 aliphatic carbocycles. The molecule has 2 aromatic rings. The van der Waals surface area contributed by atoms with Gasteiger partial charge in [-0.3, -0.25) is 4.79 Å². The molecule has 0 aromatic heterocycles. The van der Waals surface area contributed by atoms with Crippen LogP contribution in [0.15, 0.2) is 42.5 Å². The molecule has 0 aliphatic heterocycles. The molecule has 0 radical (unpaired) electrons. The number of nitrogen functional groups attached to an aromatic ring is 1. The van der Waals surface area contributed by atoms with E-state index in [0.29, 0.717) is 17.5 Å². The third kappa shape index (κ3) is 2.50. The van der Waals surface area contributed by atoms with E-state index in [4.69, 9.17) is 5.73 Å². The van der Waals surface area contributed by atoms with Crippen LogP contribution in [0.25, 0.3) is 0 Å². The molecule has 0 spiro atoms. The first-order chi connectivity index (χ1) is 8.70. The van der Waals surface area contributed by atoms with Crippen molar-refractivity contribution in [2.45, 2.75) is 0 Å². The third-order valence-electron chi connectivity index (χ3n) is 2.42. The number of phenols is 1. The number of hydrogen-bond acceptors (Lipinski definition) is 3. The highest BCUT2D eigenvalue weighted by molar-refractivity contribution is 5.80. The minimum atomic E-state index is -0.0936. The van der Waals surface area contributed by atoms with Crippen LogP contribution in [0.5, 0.6) is 5.75 Å². The molecule has 0 saturated heterocycles. The van der Waals surface area contributed by atoms with Gasteiger partial charge in [-0.15, -0.1) is 0 Å². The highest BCUT2D eigenvalue weighted by atomic mass is 16.3. The summed E-state index contributed by atoms with van der Waals surface area (Å²) in [7, 11) is 0. The van der Waals surface area contributed by atoms with Crippen LogP contribution in [-0.4, -0.2) is 11.4 Å². The zero-order valence-corrected chi connectivity index (χ0v) is 9.55. The third-order valence-corrected chi connectivity index (χ3v) is 2.42. The fourth-order valence-electron chi connectivity index (χ4n) is 1.51. The summed E-state index contributed by atoms with van der Waals surface area (Å²) in [6.07, 6.45) is 0.598. The number of nitrogens with two attached hydrogens (primary N) is 1. The lowest BCUT2D eigenvalue weighted by molar-refractivity contribution is 0.112. The standard InChI is InChI=1S/C15H11NO2/c16-14-6-1-3-11(9-14)7-8-12-4-2-5-13(10-17)15(12)18/h1-6,9-10,18H,16H2. The molecule has 2 aromatic carbocycles. The molecule has 0 atom stereocenters. The van der Waals surface area contributed by atoms with E-state index in [9.17, 15) is 9.90 Å². The van der Waals surface area contributed by atoms with E-state index in [1.54, 1.807) is 30.3 Å². The highest BCUT2D eigenvalue weighted by Crippen LogP contribution is 2.19. The van der Waals surface area contributed by atoms with Crippen LogP contribution in [-0.2, 0) is 0 Å². The SMILES string of the molecule is Nc1cccc(C#Cc2cccc(C=O)c2O)c1. The quantitative estimate of drug-likeness (QED) is 0.454. The molecular weight excluding hydrogens is 226 g/mol. The first kappa shape index (κ1) is 11.7. The van der Waals surface area contributed by atoms with E-state index in [1.165, 1.54) is 6.07 Å².